The van der Waals surface area contributed by atoms with Crippen LogP contribution in [0.15, 0.2) is 23.3 Å². The summed E-state index contributed by atoms with van der Waals surface area (Å²) in [5, 5.41) is 4.17. The molecule has 1 amide bonds. The normalized spacial score (nSPS) is 15.8. The van der Waals surface area contributed by atoms with Gasteiger partial charge in [0.05, 0.1) is 5.71 Å². The summed E-state index contributed by atoms with van der Waals surface area (Å²) in [6, 6.07) is 6.25. The van der Waals surface area contributed by atoms with Gasteiger partial charge in [-0.2, -0.15) is 5.10 Å². The summed E-state index contributed by atoms with van der Waals surface area (Å²) in [4.78, 5) is 11.5. The third kappa shape index (κ3) is 2.93. The first-order chi connectivity index (χ1) is 8.08. The molecule has 0 atom stereocenters. The zero-order valence-corrected chi connectivity index (χ0v) is 10.6. The Labute approximate surface area is 102 Å². The Balaban J connectivity index is 2.11. The molecule has 0 saturated heterocycles. The molecule has 0 bridgehead atoms. The number of rotatable bonds is 3. The molecule has 0 radical (unpaired) electrons. The molecule has 3 heteroatoms. The van der Waals surface area contributed by atoms with Crippen LogP contribution in [0.3, 0.4) is 0 Å². The third-order valence-corrected chi connectivity index (χ3v) is 3.06. The lowest BCUT2D eigenvalue weighted by atomic mass is 10.0. The van der Waals surface area contributed by atoms with Gasteiger partial charge in [0.1, 0.15) is 0 Å². The van der Waals surface area contributed by atoms with Crippen LogP contribution in [0.5, 0.6) is 0 Å². The van der Waals surface area contributed by atoms with Gasteiger partial charge in [0, 0.05) is 11.5 Å². The van der Waals surface area contributed by atoms with Crippen molar-refractivity contribution in [2.45, 2.75) is 33.6 Å². The van der Waals surface area contributed by atoms with Crippen LogP contribution in [0.1, 0.15) is 36.5 Å². The van der Waals surface area contributed by atoms with Gasteiger partial charge in [0.15, 0.2) is 0 Å². The van der Waals surface area contributed by atoms with E-state index in [4.69, 9.17) is 0 Å². The lowest BCUT2D eigenvalue weighted by Crippen LogP contribution is -2.20. The number of aryl methyl sites for hydroxylation is 2. The average molecular weight is 230 g/mol. The van der Waals surface area contributed by atoms with Gasteiger partial charge in [0.2, 0.25) is 5.91 Å². The predicted molar refractivity (Wildman–Crippen MR) is 69.0 cm³/mol. The Morgan fingerprint density at radius 3 is 2.71 bits per heavy atom. The Morgan fingerprint density at radius 2 is 2.06 bits per heavy atom. The van der Waals surface area contributed by atoms with E-state index in [1.807, 2.05) is 6.92 Å². The molecular formula is C14H18N2O. The van der Waals surface area contributed by atoms with Crippen LogP contribution in [0, 0.1) is 19.8 Å². The fourth-order valence-electron chi connectivity index (χ4n) is 1.76. The van der Waals surface area contributed by atoms with Crippen molar-refractivity contribution in [2.75, 3.05) is 0 Å². The lowest BCUT2D eigenvalue weighted by Gasteiger charge is -2.07. The van der Waals surface area contributed by atoms with Gasteiger partial charge in [-0.15, -0.1) is 0 Å². The van der Waals surface area contributed by atoms with E-state index < -0.39 is 0 Å². The molecule has 0 spiro atoms. The monoisotopic (exact) mass is 230 g/mol. The van der Waals surface area contributed by atoms with E-state index in [2.05, 4.69) is 42.6 Å². The van der Waals surface area contributed by atoms with Gasteiger partial charge >= 0.3 is 0 Å². The summed E-state index contributed by atoms with van der Waals surface area (Å²) in [6.45, 7) is 6.03. The highest BCUT2D eigenvalue weighted by Crippen LogP contribution is 2.28. The standard InChI is InChI=1S/C14H18N2O/c1-9-4-5-10(2)13(8-9)11(3)15-16-14(17)12-6-7-12/h4-5,8,12H,6-7H2,1-3H3,(H,16,17)/b15-11-. The Kier molecular flexibility index (Phi) is 3.27. The molecule has 1 aliphatic rings. The van der Waals surface area contributed by atoms with E-state index in [0.29, 0.717) is 0 Å². The fourth-order valence-corrected chi connectivity index (χ4v) is 1.76. The first-order valence-corrected chi connectivity index (χ1v) is 5.99. The van der Waals surface area contributed by atoms with Crippen molar-refractivity contribution in [1.29, 1.82) is 0 Å². The van der Waals surface area contributed by atoms with Crippen LogP contribution in [0.2, 0.25) is 0 Å². The van der Waals surface area contributed by atoms with Crippen molar-refractivity contribution in [3.05, 3.63) is 34.9 Å². The minimum atomic E-state index is 0.0506. The van der Waals surface area contributed by atoms with Crippen LogP contribution in [0.25, 0.3) is 0 Å². The zero-order valence-electron chi connectivity index (χ0n) is 10.6. The maximum Gasteiger partial charge on any atom is 0.243 e. The molecule has 1 aromatic rings. The molecule has 3 nitrogen and oxygen atoms in total. The molecule has 2 rings (SSSR count). The van der Waals surface area contributed by atoms with Gasteiger partial charge in [0.25, 0.3) is 0 Å². The summed E-state index contributed by atoms with van der Waals surface area (Å²) >= 11 is 0. The second-order valence-corrected chi connectivity index (χ2v) is 4.77. The molecule has 1 N–H and O–H groups in total. The molecule has 1 aromatic carbocycles. The molecule has 0 unspecified atom stereocenters. The van der Waals surface area contributed by atoms with Crippen LogP contribution < -0.4 is 5.43 Å². The Morgan fingerprint density at radius 1 is 1.35 bits per heavy atom. The number of carbonyl (C=O) groups is 1. The van der Waals surface area contributed by atoms with Crippen molar-refractivity contribution < 1.29 is 4.79 Å². The first-order valence-electron chi connectivity index (χ1n) is 5.99. The highest BCUT2D eigenvalue weighted by Gasteiger charge is 2.29. The van der Waals surface area contributed by atoms with E-state index in [0.717, 1.165) is 24.1 Å². The quantitative estimate of drug-likeness (QED) is 0.629. The first kappa shape index (κ1) is 11.8. The van der Waals surface area contributed by atoms with E-state index >= 15 is 0 Å². The molecule has 0 aliphatic heterocycles. The number of carbonyl (C=O) groups excluding carboxylic acids is 1. The molecular weight excluding hydrogens is 212 g/mol. The van der Waals surface area contributed by atoms with Crippen LogP contribution >= 0.6 is 0 Å². The van der Waals surface area contributed by atoms with Crippen LogP contribution in [0.4, 0.5) is 0 Å². The van der Waals surface area contributed by atoms with Gasteiger partial charge < -0.3 is 0 Å². The molecule has 1 fully saturated rings. The summed E-state index contributed by atoms with van der Waals surface area (Å²) in [7, 11) is 0. The lowest BCUT2D eigenvalue weighted by molar-refractivity contribution is -0.122. The Hall–Kier alpha value is -1.64. The van der Waals surface area contributed by atoms with Crippen molar-refractivity contribution in [3.8, 4) is 0 Å². The molecule has 17 heavy (non-hydrogen) atoms. The summed E-state index contributed by atoms with van der Waals surface area (Å²) in [5.41, 5.74) is 6.98. The van der Waals surface area contributed by atoms with Crippen LogP contribution in [-0.2, 0) is 4.79 Å². The van der Waals surface area contributed by atoms with Crippen molar-refractivity contribution in [3.63, 3.8) is 0 Å². The van der Waals surface area contributed by atoms with Crippen molar-refractivity contribution in [2.24, 2.45) is 11.0 Å². The van der Waals surface area contributed by atoms with Gasteiger partial charge in [-0.05, 0) is 45.2 Å². The number of benzene rings is 1. The smallest absolute Gasteiger partial charge is 0.243 e. The highest BCUT2D eigenvalue weighted by molar-refractivity contribution is 6.00. The topological polar surface area (TPSA) is 41.5 Å². The SMILES string of the molecule is C/C(=N/NC(=O)C1CC1)c1cc(C)ccc1C. The van der Waals surface area contributed by atoms with Gasteiger partial charge in [-0.1, -0.05) is 17.7 Å². The number of nitrogens with one attached hydrogen (secondary N) is 1. The van der Waals surface area contributed by atoms with Crippen molar-refractivity contribution in [1.82, 2.24) is 5.43 Å². The number of hydrazone groups is 1. The van der Waals surface area contributed by atoms with Gasteiger partial charge in [-0.25, -0.2) is 5.43 Å². The minimum absolute atomic E-state index is 0.0506. The Bertz CT molecular complexity index is 473. The highest BCUT2D eigenvalue weighted by atomic mass is 16.2. The molecule has 1 aliphatic carbocycles. The van der Waals surface area contributed by atoms with E-state index in [1.54, 1.807) is 0 Å². The molecule has 1 saturated carbocycles. The third-order valence-electron chi connectivity index (χ3n) is 3.06. The van der Waals surface area contributed by atoms with Crippen LogP contribution in [-0.4, -0.2) is 11.6 Å². The maximum absolute atomic E-state index is 11.5. The summed E-state index contributed by atoms with van der Waals surface area (Å²) in [5.74, 6) is 0.250. The maximum atomic E-state index is 11.5. The molecule has 0 heterocycles. The van der Waals surface area contributed by atoms with E-state index in [1.165, 1.54) is 11.1 Å². The minimum Gasteiger partial charge on any atom is -0.273 e. The predicted octanol–water partition coefficient (Wildman–Crippen LogP) is 2.55. The van der Waals surface area contributed by atoms with E-state index in [9.17, 15) is 4.79 Å². The number of hydrogen-bond acceptors (Lipinski definition) is 2. The summed E-state index contributed by atoms with van der Waals surface area (Å²) in [6.07, 6.45) is 2.01. The summed E-state index contributed by atoms with van der Waals surface area (Å²) < 4.78 is 0. The van der Waals surface area contributed by atoms with Gasteiger partial charge in [-0.3, -0.25) is 4.79 Å². The second-order valence-electron chi connectivity index (χ2n) is 4.77. The fraction of sp³-hybridized carbons (Fsp3) is 0.429. The number of hydrogen-bond donors (Lipinski definition) is 1. The second kappa shape index (κ2) is 4.70. The van der Waals surface area contributed by atoms with Crippen molar-refractivity contribution >= 4 is 11.6 Å². The number of nitrogens with zero attached hydrogens (tertiary/aromatic N) is 1. The zero-order chi connectivity index (χ0) is 12.4. The van der Waals surface area contributed by atoms with E-state index in [-0.39, 0.29) is 11.8 Å². The molecule has 0 aromatic heterocycles. The molecule has 90 valence electrons. The largest absolute Gasteiger partial charge is 0.273 e. The number of amides is 1. The average Bonchev–Trinajstić information content (AvgIpc) is 3.12.